The molecule has 3 aliphatic rings. The number of ketones is 1. The standard InChI is InChI=1S/C36H36N2O2/c1-24-20-26-10-6-7-11-29(26)30-12-14-32-31(34(24)30)13-15-33(36(39)27-16-18-37(2)21-27)35(32)38-19-17-28(22-38)40-23-25-8-4-3-5-9-25/h3-12,14,17,19-20,22,24,27,33H,13,15-16,18,21,23H2,1-2H3. The number of carbonyl (C=O) groups excluding carboxylic acids is 1. The number of rotatable bonds is 6. The van der Waals surface area contributed by atoms with Crippen LogP contribution in [-0.4, -0.2) is 35.4 Å². The SMILES string of the molecule is CC1C=c2ccccc2=c2ccc3c(c21)CCC(C(=O)C1CCN(C)C1)C=3n1ccc(OCc2ccccc2)c1. The Morgan fingerprint density at radius 3 is 2.55 bits per heavy atom. The van der Waals surface area contributed by atoms with E-state index in [-0.39, 0.29) is 11.8 Å². The van der Waals surface area contributed by atoms with E-state index in [2.05, 4.69) is 90.4 Å². The van der Waals surface area contributed by atoms with Crippen molar-refractivity contribution >= 4 is 17.6 Å². The van der Waals surface area contributed by atoms with Gasteiger partial charge in [0.15, 0.2) is 0 Å². The first kappa shape index (κ1) is 25.1. The summed E-state index contributed by atoms with van der Waals surface area (Å²) in [5, 5.41) is 5.18. The Hall–Kier alpha value is -3.89. The van der Waals surface area contributed by atoms with Crippen LogP contribution in [-0.2, 0) is 17.8 Å². The number of likely N-dealkylation sites (tertiary alicyclic amines) is 1. The van der Waals surface area contributed by atoms with E-state index >= 15 is 0 Å². The number of fused-ring (bicyclic) bond motifs is 4. The van der Waals surface area contributed by atoms with Gasteiger partial charge in [0.1, 0.15) is 18.1 Å². The molecule has 1 aromatic heterocycles. The van der Waals surface area contributed by atoms with Crippen molar-refractivity contribution in [3.8, 4) is 5.75 Å². The van der Waals surface area contributed by atoms with Crippen molar-refractivity contribution in [3.05, 3.63) is 123 Å². The number of benzene rings is 3. The molecule has 0 N–H and O–H groups in total. The van der Waals surface area contributed by atoms with E-state index in [4.69, 9.17) is 4.74 Å². The third kappa shape index (κ3) is 4.41. The number of aromatic nitrogens is 1. The van der Waals surface area contributed by atoms with Gasteiger partial charge in [0.2, 0.25) is 0 Å². The van der Waals surface area contributed by atoms with Crippen molar-refractivity contribution in [1.82, 2.24) is 9.47 Å². The van der Waals surface area contributed by atoms with E-state index < -0.39 is 0 Å². The third-order valence-electron chi connectivity index (χ3n) is 9.11. The molecule has 4 nitrogen and oxygen atoms in total. The average Bonchev–Trinajstić information content (AvgIpc) is 3.64. The summed E-state index contributed by atoms with van der Waals surface area (Å²) in [4.78, 5) is 16.4. The molecule has 3 aromatic carbocycles. The van der Waals surface area contributed by atoms with Crippen molar-refractivity contribution in [2.24, 2.45) is 11.8 Å². The Morgan fingerprint density at radius 1 is 0.925 bits per heavy atom. The Bertz CT molecular complexity index is 1800. The van der Waals surface area contributed by atoms with Crippen LogP contribution in [0.2, 0.25) is 0 Å². The predicted molar refractivity (Wildman–Crippen MR) is 159 cm³/mol. The normalized spacial score (nSPS) is 21.8. The van der Waals surface area contributed by atoms with Crippen LogP contribution < -0.4 is 15.2 Å². The molecule has 4 aromatic rings. The molecule has 2 aliphatic carbocycles. The highest BCUT2D eigenvalue weighted by molar-refractivity contribution is 5.92. The second-order valence-electron chi connectivity index (χ2n) is 11.8. The molecule has 202 valence electrons. The van der Waals surface area contributed by atoms with Gasteiger partial charge in [-0.3, -0.25) is 4.79 Å². The van der Waals surface area contributed by atoms with Gasteiger partial charge in [-0.1, -0.05) is 79.7 Å². The molecule has 0 radical (unpaired) electrons. The maximum absolute atomic E-state index is 14.1. The fraction of sp³-hybridized carbons (Fsp3) is 0.306. The Balaban J connectivity index is 1.37. The summed E-state index contributed by atoms with van der Waals surface area (Å²) in [6.07, 6.45) is 9.28. The largest absolute Gasteiger partial charge is 0.487 e. The van der Waals surface area contributed by atoms with Gasteiger partial charge in [0.25, 0.3) is 0 Å². The molecule has 40 heavy (non-hydrogen) atoms. The minimum Gasteiger partial charge on any atom is -0.487 e. The zero-order valence-electron chi connectivity index (χ0n) is 23.3. The number of hydrogen-bond acceptors (Lipinski definition) is 3. The average molecular weight is 529 g/mol. The number of nitrogens with zero attached hydrogens (tertiary/aromatic N) is 2. The maximum Gasteiger partial charge on any atom is 0.146 e. The van der Waals surface area contributed by atoms with Crippen LogP contribution in [0.25, 0.3) is 11.8 Å². The molecule has 0 spiro atoms. The molecule has 1 fully saturated rings. The van der Waals surface area contributed by atoms with Crippen molar-refractivity contribution in [2.45, 2.75) is 38.7 Å². The van der Waals surface area contributed by atoms with Crippen LogP contribution in [0, 0.1) is 22.3 Å². The first-order chi connectivity index (χ1) is 19.6. The Kier molecular flexibility index (Phi) is 6.44. The first-order valence-electron chi connectivity index (χ1n) is 14.6. The molecule has 3 atom stereocenters. The third-order valence-corrected chi connectivity index (χ3v) is 9.11. The van der Waals surface area contributed by atoms with E-state index in [9.17, 15) is 4.79 Å². The lowest BCUT2D eigenvalue weighted by Crippen LogP contribution is -2.36. The molecule has 0 bridgehead atoms. The highest BCUT2D eigenvalue weighted by atomic mass is 16.5. The number of hydrogen-bond donors (Lipinski definition) is 0. The fourth-order valence-electron chi connectivity index (χ4n) is 7.18. The lowest BCUT2D eigenvalue weighted by atomic mass is 9.77. The summed E-state index contributed by atoms with van der Waals surface area (Å²) in [5.41, 5.74) is 5.08. The molecular weight excluding hydrogens is 492 g/mol. The lowest BCUT2D eigenvalue weighted by Gasteiger charge is -2.30. The number of ether oxygens (including phenoxy) is 1. The molecule has 7 rings (SSSR count). The summed E-state index contributed by atoms with van der Waals surface area (Å²) < 4.78 is 8.35. The number of Topliss-reactive ketones (excluding diaryl/α,β-unsaturated/α-hetero) is 1. The Morgan fingerprint density at radius 2 is 1.73 bits per heavy atom. The topological polar surface area (TPSA) is 34.5 Å². The molecule has 3 unspecified atom stereocenters. The van der Waals surface area contributed by atoms with Gasteiger partial charge >= 0.3 is 0 Å². The minimum absolute atomic E-state index is 0.104. The van der Waals surface area contributed by atoms with Crippen molar-refractivity contribution in [1.29, 1.82) is 0 Å². The maximum atomic E-state index is 14.1. The molecule has 4 heteroatoms. The predicted octanol–water partition coefficient (Wildman–Crippen LogP) is 4.99. The van der Waals surface area contributed by atoms with Crippen LogP contribution in [0.4, 0.5) is 0 Å². The van der Waals surface area contributed by atoms with Crippen LogP contribution in [0.15, 0.2) is 85.2 Å². The smallest absolute Gasteiger partial charge is 0.146 e. The zero-order chi connectivity index (χ0) is 27.2. The Labute approximate surface area is 235 Å². The van der Waals surface area contributed by atoms with Crippen LogP contribution >= 0.6 is 0 Å². The van der Waals surface area contributed by atoms with E-state index in [1.165, 1.54) is 32.0 Å². The van der Waals surface area contributed by atoms with Crippen LogP contribution in [0.5, 0.6) is 5.75 Å². The van der Waals surface area contributed by atoms with E-state index in [1.54, 1.807) is 0 Å². The van der Waals surface area contributed by atoms with Gasteiger partial charge in [-0.2, -0.15) is 0 Å². The first-order valence-corrected chi connectivity index (χ1v) is 14.6. The van der Waals surface area contributed by atoms with Gasteiger partial charge in [-0.15, -0.1) is 0 Å². The zero-order valence-corrected chi connectivity index (χ0v) is 23.3. The molecule has 1 aliphatic heterocycles. The van der Waals surface area contributed by atoms with Gasteiger partial charge in [-0.05, 0) is 76.5 Å². The van der Waals surface area contributed by atoms with Crippen molar-refractivity contribution in [2.75, 3.05) is 20.1 Å². The van der Waals surface area contributed by atoms with Crippen LogP contribution in [0.1, 0.15) is 42.4 Å². The summed E-state index contributed by atoms with van der Waals surface area (Å²) in [6.45, 7) is 4.69. The van der Waals surface area contributed by atoms with Crippen molar-refractivity contribution < 1.29 is 9.53 Å². The molecule has 2 heterocycles. The second-order valence-corrected chi connectivity index (χ2v) is 11.8. The molecule has 1 saturated heterocycles. The number of carbonyl (C=O) groups is 1. The van der Waals surface area contributed by atoms with E-state index in [0.717, 1.165) is 49.4 Å². The van der Waals surface area contributed by atoms with Gasteiger partial charge in [0, 0.05) is 30.3 Å². The van der Waals surface area contributed by atoms with Gasteiger partial charge in [-0.25, -0.2) is 0 Å². The highest BCUT2D eigenvalue weighted by Gasteiger charge is 2.36. The molecular formula is C36H36N2O2. The summed E-state index contributed by atoms with van der Waals surface area (Å²) >= 11 is 0. The van der Waals surface area contributed by atoms with Gasteiger partial charge < -0.3 is 14.2 Å². The monoisotopic (exact) mass is 528 g/mol. The summed E-state index contributed by atoms with van der Waals surface area (Å²) in [5.74, 6) is 1.53. The summed E-state index contributed by atoms with van der Waals surface area (Å²) in [6, 6.07) is 25.6. The summed E-state index contributed by atoms with van der Waals surface area (Å²) in [7, 11) is 2.12. The minimum atomic E-state index is -0.119. The van der Waals surface area contributed by atoms with Crippen molar-refractivity contribution in [3.63, 3.8) is 0 Å². The van der Waals surface area contributed by atoms with Crippen LogP contribution in [0.3, 0.4) is 0 Å². The second kappa shape index (κ2) is 10.3. The van der Waals surface area contributed by atoms with Gasteiger partial charge in [0.05, 0.1) is 12.1 Å². The van der Waals surface area contributed by atoms with E-state index in [1.807, 2.05) is 24.3 Å². The van der Waals surface area contributed by atoms with E-state index in [0.29, 0.717) is 18.3 Å². The fourth-order valence-corrected chi connectivity index (χ4v) is 7.18. The lowest BCUT2D eigenvalue weighted by molar-refractivity contribution is -0.125. The quantitative estimate of drug-likeness (QED) is 0.354. The highest BCUT2D eigenvalue weighted by Crippen LogP contribution is 2.34. The molecule has 0 saturated carbocycles. The molecule has 0 amide bonds.